The van der Waals surface area contributed by atoms with Gasteiger partial charge in [0.05, 0.1) is 10.7 Å². The SMILES string of the molecule is CC1(C)CCN(c2ccc(/C=C/C(=O)O)cc2Cl)CC1. The molecule has 1 aliphatic rings. The molecule has 1 aromatic carbocycles. The van der Waals surface area contributed by atoms with Crippen molar-refractivity contribution in [2.45, 2.75) is 26.7 Å². The molecule has 0 spiro atoms. The van der Waals surface area contributed by atoms with Gasteiger partial charge in [-0.1, -0.05) is 31.5 Å². The molecule has 0 radical (unpaired) electrons. The third-order valence-corrected chi connectivity index (χ3v) is 4.15. The van der Waals surface area contributed by atoms with Gasteiger partial charge in [0.2, 0.25) is 0 Å². The van der Waals surface area contributed by atoms with Gasteiger partial charge in [-0.05, 0) is 42.0 Å². The fourth-order valence-electron chi connectivity index (χ4n) is 2.40. The smallest absolute Gasteiger partial charge is 0.328 e. The third-order valence-electron chi connectivity index (χ3n) is 3.85. The first-order chi connectivity index (χ1) is 9.37. The zero-order chi connectivity index (χ0) is 14.8. The predicted molar refractivity (Wildman–Crippen MR) is 83.3 cm³/mol. The molecule has 4 heteroatoms. The van der Waals surface area contributed by atoms with E-state index in [1.165, 1.54) is 0 Å². The van der Waals surface area contributed by atoms with Gasteiger partial charge in [-0.3, -0.25) is 0 Å². The Bertz CT molecular complexity index is 527. The van der Waals surface area contributed by atoms with Crippen LogP contribution >= 0.6 is 11.6 Å². The Balaban J connectivity index is 2.12. The van der Waals surface area contributed by atoms with Crippen LogP contribution in [0.4, 0.5) is 5.69 Å². The van der Waals surface area contributed by atoms with Gasteiger partial charge in [0.15, 0.2) is 0 Å². The molecule has 1 aromatic rings. The van der Waals surface area contributed by atoms with Crippen LogP contribution in [0.2, 0.25) is 5.02 Å². The normalized spacial score (nSPS) is 18.4. The van der Waals surface area contributed by atoms with E-state index in [1.54, 1.807) is 6.08 Å². The molecule has 0 atom stereocenters. The van der Waals surface area contributed by atoms with E-state index in [9.17, 15) is 4.79 Å². The molecule has 1 N–H and O–H groups in total. The average molecular weight is 294 g/mol. The highest BCUT2D eigenvalue weighted by Crippen LogP contribution is 2.35. The highest BCUT2D eigenvalue weighted by atomic mass is 35.5. The maximum absolute atomic E-state index is 10.5. The number of carboxylic acid groups (broad SMARTS) is 1. The number of hydrogen-bond acceptors (Lipinski definition) is 2. The Morgan fingerprint density at radius 3 is 2.55 bits per heavy atom. The van der Waals surface area contributed by atoms with E-state index in [0.717, 1.165) is 43.3 Å². The van der Waals surface area contributed by atoms with Gasteiger partial charge < -0.3 is 10.0 Å². The number of rotatable bonds is 3. The first kappa shape index (κ1) is 14.9. The van der Waals surface area contributed by atoms with E-state index < -0.39 is 5.97 Å². The summed E-state index contributed by atoms with van der Waals surface area (Å²) in [5, 5.41) is 9.30. The number of carbonyl (C=O) groups is 1. The van der Waals surface area contributed by atoms with Crippen molar-refractivity contribution in [3.63, 3.8) is 0 Å². The van der Waals surface area contributed by atoms with Crippen molar-refractivity contribution in [1.29, 1.82) is 0 Å². The average Bonchev–Trinajstić information content (AvgIpc) is 2.37. The number of halogens is 1. The molecule has 0 aliphatic carbocycles. The van der Waals surface area contributed by atoms with Crippen molar-refractivity contribution in [3.8, 4) is 0 Å². The second-order valence-electron chi connectivity index (χ2n) is 6.03. The quantitative estimate of drug-likeness (QED) is 0.854. The topological polar surface area (TPSA) is 40.5 Å². The van der Waals surface area contributed by atoms with Crippen LogP contribution in [0.15, 0.2) is 24.3 Å². The number of hydrogen-bond donors (Lipinski definition) is 1. The number of anilines is 1. The zero-order valence-electron chi connectivity index (χ0n) is 11.9. The minimum Gasteiger partial charge on any atom is -0.478 e. The Morgan fingerprint density at radius 1 is 1.35 bits per heavy atom. The van der Waals surface area contributed by atoms with Crippen molar-refractivity contribution in [3.05, 3.63) is 34.9 Å². The zero-order valence-corrected chi connectivity index (χ0v) is 12.7. The number of aliphatic carboxylic acids is 1. The van der Waals surface area contributed by atoms with E-state index >= 15 is 0 Å². The lowest BCUT2D eigenvalue weighted by Crippen LogP contribution is -2.37. The summed E-state index contributed by atoms with van der Waals surface area (Å²) < 4.78 is 0. The monoisotopic (exact) mass is 293 g/mol. The van der Waals surface area contributed by atoms with Crippen molar-refractivity contribution < 1.29 is 9.90 Å². The Morgan fingerprint density at radius 2 is 2.00 bits per heavy atom. The molecule has 20 heavy (non-hydrogen) atoms. The highest BCUT2D eigenvalue weighted by Gasteiger charge is 2.26. The summed E-state index contributed by atoms with van der Waals surface area (Å²) >= 11 is 6.33. The number of benzene rings is 1. The molecule has 3 nitrogen and oxygen atoms in total. The Kier molecular flexibility index (Phi) is 4.39. The summed E-state index contributed by atoms with van der Waals surface area (Å²) in [6, 6.07) is 5.69. The lowest BCUT2D eigenvalue weighted by atomic mass is 9.82. The number of piperidine rings is 1. The fraction of sp³-hybridized carbons (Fsp3) is 0.438. The standard InChI is InChI=1S/C16H20ClNO2/c1-16(2)7-9-18(10-8-16)14-5-3-12(11-13(14)17)4-6-15(19)20/h3-6,11H,7-10H2,1-2H3,(H,19,20)/b6-4+. The van der Waals surface area contributed by atoms with Gasteiger partial charge in [-0.15, -0.1) is 0 Å². The first-order valence-electron chi connectivity index (χ1n) is 6.83. The Labute approximate surface area is 124 Å². The van der Waals surface area contributed by atoms with E-state index in [4.69, 9.17) is 16.7 Å². The summed E-state index contributed by atoms with van der Waals surface area (Å²) in [7, 11) is 0. The van der Waals surface area contributed by atoms with Crippen LogP contribution in [0.1, 0.15) is 32.3 Å². The van der Waals surface area contributed by atoms with Crippen molar-refractivity contribution in [2.24, 2.45) is 5.41 Å². The van der Waals surface area contributed by atoms with Crippen molar-refractivity contribution in [2.75, 3.05) is 18.0 Å². The van der Waals surface area contributed by atoms with Gasteiger partial charge in [0.25, 0.3) is 0 Å². The lowest BCUT2D eigenvalue weighted by molar-refractivity contribution is -0.131. The van der Waals surface area contributed by atoms with Gasteiger partial charge >= 0.3 is 5.97 Å². The van der Waals surface area contributed by atoms with Crippen LogP contribution in [0, 0.1) is 5.41 Å². The molecule has 0 saturated carbocycles. The summed E-state index contributed by atoms with van der Waals surface area (Å²) in [5.41, 5.74) is 2.25. The van der Waals surface area contributed by atoms with Crippen LogP contribution in [0.25, 0.3) is 6.08 Å². The fourth-order valence-corrected chi connectivity index (χ4v) is 2.71. The van der Waals surface area contributed by atoms with E-state index in [2.05, 4.69) is 18.7 Å². The van der Waals surface area contributed by atoms with E-state index in [0.29, 0.717) is 10.4 Å². The molecule has 1 heterocycles. The lowest BCUT2D eigenvalue weighted by Gasteiger charge is -2.38. The molecular weight excluding hydrogens is 274 g/mol. The second-order valence-corrected chi connectivity index (χ2v) is 6.44. The third kappa shape index (κ3) is 3.76. The van der Waals surface area contributed by atoms with E-state index in [1.807, 2.05) is 18.2 Å². The highest BCUT2D eigenvalue weighted by molar-refractivity contribution is 6.33. The largest absolute Gasteiger partial charge is 0.478 e. The minimum absolute atomic E-state index is 0.410. The van der Waals surface area contributed by atoms with Gasteiger partial charge in [-0.2, -0.15) is 0 Å². The molecule has 0 aromatic heterocycles. The van der Waals surface area contributed by atoms with Crippen LogP contribution in [0.5, 0.6) is 0 Å². The minimum atomic E-state index is -0.955. The van der Waals surface area contributed by atoms with E-state index in [-0.39, 0.29) is 0 Å². The van der Waals surface area contributed by atoms with Gasteiger partial charge in [-0.25, -0.2) is 4.79 Å². The molecule has 108 valence electrons. The summed E-state index contributed by atoms with van der Waals surface area (Å²) in [6.45, 7) is 6.62. The van der Waals surface area contributed by atoms with Crippen LogP contribution in [-0.4, -0.2) is 24.2 Å². The molecule has 0 amide bonds. The molecule has 1 saturated heterocycles. The van der Waals surface area contributed by atoms with Gasteiger partial charge in [0, 0.05) is 19.2 Å². The summed E-state index contributed by atoms with van der Waals surface area (Å²) in [5.74, 6) is -0.955. The maximum Gasteiger partial charge on any atom is 0.328 e. The summed E-state index contributed by atoms with van der Waals surface area (Å²) in [6.07, 6.45) is 4.99. The number of nitrogens with zero attached hydrogens (tertiary/aromatic N) is 1. The van der Waals surface area contributed by atoms with Crippen LogP contribution < -0.4 is 4.90 Å². The predicted octanol–water partition coefficient (Wildman–Crippen LogP) is 4.06. The van der Waals surface area contributed by atoms with Gasteiger partial charge in [0.1, 0.15) is 0 Å². The molecule has 0 unspecified atom stereocenters. The molecule has 1 fully saturated rings. The maximum atomic E-state index is 10.5. The summed E-state index contributed by atoms with van der Waals surface area (Å²) in [4.78, 5) is 12.8. The molecule has 0 bridgehead atoms. The number of carboxylic acids is 1. The Hall–Kier alpha value is -1.48. The molecule has 2 rings (SSSR count). The van der Waals surface area contributed by atoms with Crippen molar-refractivity contribution in [1.82, 2.24) is 0 Å². The van der Waals surface area contributed by atoms with Crippen LogP contribution in [0.3, 0.4) is 0 Å². The second kappa shape index (κ2) is 5.88. The molecule has 1 aliphatic heterocycles. The van der Waals surface area contributed by atoms with Crippen LogP contribution in [-0.2, 0) is 4.79 Å². The first-order valence-corrected chi connectivity index (χ1v) is 7.21. The van der Waals surface area contributed by atoms with Crippen molar-refractivity contribution >= 4 is 29.3 Å². The molecular formula is C16H20ClNO2.